The molecule has 1 aromatic rings. The lowest BCUT2D eigenvalue weighted by atomic mass is 10.2. The Morgan fingerprint density at radius 1 is 1.53 bits per heavy atom. The van der Waals surface area contributed by atoms with E-state index in [1.807, 2.05) is 6.07 Å². The molecule has 1 atom stereocenters. The second kappa shape index (κ2) is 5.47. The molecule has 0 aliphatic carbocycles. The summed E-state index contributed by atoms with van der Waals surface area (Å²) in [7, 11) is -2.15. The fraction of sp³-hybridized carbons (Fsp3) is 0.417. The molecule has 1 heterocycles. The Labute approximate surface area is 117 Å². The summed E-state index contributed by atoms with van der Waals surface area (Å²) in [6, 6.07) is 5.91. The van der Waals surface area contributed by atoms with Crippen LogP contribution in [0.15, 0.2) is 23.1 Å². The fourth-order valence-corrected chi connectivity index (χ4v) is 3.83. The van der Waals surface area contributed by atoms with Crippen LogP contribution in [0, 0.1) is 11.3 Å². The first-order chi connectivity index (χ1) is 8.96. The van der Waals surface area contributed by atoms with Gasteiger partial charge < -0.3 is 4.74 Å². The van der Waals surface area contributed by atoms with Crippen molar-refractivity contribution in [2.24, 2.45) is 0 Å². The molecule has 1 aliphatic heterocycles. The minimum Gasteiger partial charge on any atom is -0.380 e. The first-order valence-electron chi connectivity index (χ1n) is 5.72. The van der Waals surface area contributed by atoms with Gasteiger partial charge in [-0.25, -0.2) is 8.42 Å². The van der Waals surface area contributed by atoms with Gasteiger partial charge in [-0.2, -0.15) is 9.57 Å². The Morgan fingerprint density at radius 3 is 2.79 bits per heavy atom. The lowest BCUT2D eigenvalue weighted by Gasteiger charge is -2.23. The number of nitriles is 1. The van der Waals surface area contributed by atoms with Crippen LogP contribution in [0.25, 0.3) is 0 Å². The summed E-state index contributed by atoms with van der Waals surface area (Å²) in [5.41, 5.74) is 0.329. The molecule has 1 fully saturated rings. The van der Waals surface area contributed by atoms with Crippen molar-refractivity contribution in [3.05, 3.63) is 28.8 Å². The average molecular weight is 301 g/mol. The molecule has 0 radical (unpaired) electrons. The van der Waals surface area contributed by atoms with Gasteiger partial charge in [-0.3, -0.25) is 0 Å². The van der Waals surface area contributed by atoms with E-state index in [0.29, 0.717) is 25.2 Å². The molecule has 1 aromatic carbocycles. The molecule has 1 aliphatic rings. The van der Waals surface area contributed by atoms with Crippen molar-refractivity contribution < 1.29 is 13.2 Å². The van der Waals surface area contributed by atoms with E-state index in [-0.39, 0.29) is 16.0 Å². The summed E-state index contributed by atoms with van der Waals surface area (Å²) in [4.78, 5) is 0.0163. The molecule has 5 nitrogen and oxygen atoms in total. The summed E-state index contributed by atoms with van der Waals surface area (Å²) < 4.78 is 31.4. The van der Waals surface area contributed by atoms with Crippen molar-refractivity contribution in [1.82, 2.24) is 4.31 Å². The minimum atomic E-state index is -3.67. The van der Waals surface area contributed by atoms with Crippen LogP contribution in [0.1, 0.15) is 12.0 Å². The Bertz CT molecular complexity index is 618. The van der Waals surface area contributed by atoms with Gasteiger partial charge in [0, 0.05) is 13.7 Å². The van der Waals surface area contributed by atoms with E-state index in [9.17, 15) is 8.42 Å². The number of benzene rings is 1. The maximum Gasteiger partial charge on any atom is 0.244 e. The standard InChI is InChI=1S/C12H13ClN2O3S/c1-15(10-4-5-18-8-10)19(16,17)12-3-2-9(7-14)6-11(12)13/h2-3,6,10H,4-5,8H2,1H3. The lowest BCUT2D eigenvalue weighted by Crippen LogP contribution is -2.37. The number of hydrogen-bond acceptors (Lipinski definition) is 4. The maximum absolute atomic E-state index is 12.4. The Kier molecular flexibility index (Phi) is 4.11. The first kappa shape index (κ1) is 14.3. The van der Waals surface area contributed by atoms with Crippen molar-refractivity contribution in [3.63, 3.8) is 0 Å². The Balaban J connectivity index is 2.36. The second-order valence-electron chi connectivity index (χ2n) is 4.30. The van der Waals surface area contributed by atoms with Crippen LogP contribution < -0.4 is 0 Å². The molecule has 0 saturated carbocycles. The highest BCUT2D eigenvalue weighted by Crippen LogP contribution is 2.27. The molecule has 1 unspecified atom stereocenters. The molecule has 0 amide bonds. The Morgan fingerprint density at radius 2 is 2.26 bits per heavy atom. The van der Waals surface area contributed by atoms with Crippen molar-refractivity contribution >= 4 is 21.6 Å². The molecular formula is C12H13ClN2O3S. The number of nitrogens with zero attached hydrogens (tertiary/aromatic N) is 2. The SMILES string of the molecule is CN(C1CCOC1)S(=O)(=O)c1ccc(C#N)cc1Cl. The van der Waals surface area contributed by atoms with Crippen molar-refractivity contribution in [1.29, 1.82) is 5.26 Å². The zero-order valence-corrected chi connectivity index (χ0v) is 11.9. The molecule has 7 heteroatoms. The third kappa shape index (κ3) is 2.74. The summed E-state index contributed by atoms with van der Waals surface area (Å²) in [6.45, 7) is 0.954. The zero-order valence-electron chi connectivity index (χ0n) is 10.3. The van der Waals surface area contributed by atoms with E-state index >= 15 is 0 Å². The van der Waals surface area contributed by atoms with Crippen molar-refractivity contribution in [2.45, 2.75) is 17.4 Å². The van der Waals surface area contributed by atoms with Gasteiger partial charge in [0.15, 0.2) is 0 Å². The minimum absolute atomic E-state index is 0.0163. The number of hydrogen-bond donors (Lipinski definition) is 0. The van der Waals surface area contributed by atoms with Crippen molar-refractivity contribution in [2.75, 3.05) is 20.3 Å². The quantitative estimate of drug-likeness (QED) is 0.850. The molecule has 0 N–H and O–H groups in total. The molecule has 0 spiro atoms. The van der Waals surface area contributed by atoms with Crippen LogP contribution >= 0.6 is 11.6 Å². The fourth-order valence-electron chi connectivity index (χ4n) is 1.94. The van der Waals surface area contributed by atoms with Crippen LogP contribution in [0.5, 0.6) is 0 Å². The lowest BCUT2D eigenvalue weighted by molar-refractivity contribution is 0.181. The summed E-state index contributed by atoms with van der Waals surface area (Å²) in [5.74, 6) is 0. The van der Waals surface area contributed by atoms with Crippen molar-refractivity contribution in [3.8, 4) is 6.07 Å². The number of rotatable bonds is 3. The van der Waals surface area contributed by atoms with Gasteiger partial charge in [-0.1, -0.05) is 11.6 Å². The molecule has 1 saturated heterocycles. The molecule has 0 bridgehead atoms. The highest BCUT2D eigenvalue weighted by Gasteiger charge is 2.31. The number of ether oxygens (including phenoxy) is 1. The van der Waals surface area contributed by atoms with Crippen LogP contribution in [-0.2, 0) is 14.8 Å². The predicted molar refractivity (Wildman–Crippen MR) is 70.3 cm³/mol. The summed E-state index contributed by atoms with van der Waals surface area (Å²) in [6.07, 6.45) is 0.670. The maximum atomic E-state index is 12.4. The monoisotopic (exact) mass is 300 g/mol. The molecule has 19 heavy (non-hydrogen) atoms. The van der Waals surface area contributed by atoms with E-state index in [2.05, 4.69) is 0 Å². The normalized spacial score (nSPS) is 19.6. The van der Waals surface area contributed by atoms with Gasteiger partial charge in [-0.05, 0) is 24.6 Å². The summed E-state index contributed by atoms with van der Waals surface area (Å²) in [5, 5.41) is 8.81. The smallest absolute Gasteiger partial charge is 0.244 e. The van der Waals surface area contributed by atoms with Crippen LogP contribution in [-0.4, -0.2) is 39.0 Å². The van der Waals surface area contributed by atoms with Gasteiger partial charge in [0.2, 0.25) is 10.0 Å². The van der Waals surface area contributed by atoms with E-state index < -0.39 is 10.0 Å². The highest BCUT2D eigenvalue weighted by atomic mass is 35.5. The van der Waals surface area contributed by atoms with Crippen LogP contribution in [0.4, 0.5) is 0 Å². The summed E-state index contributed by atoms with van der Waals surface area (Å²) >= 11 is 5.96. The topological polar surface area (TPSA) is 70.4 Å². The van der Waals surface area contributed by atoms with E-state index in [4.69, 9.17) is 21.6 Å². The van der Waals surface area contributed by atoms with Gasteiger partial charge in [0.05, 0.1) is 29.3 Å². The molecule has 102 valence electrons. The van der Waals surface area contributed by atoms with E-state index in [0.717, 1.165) is 0 Å². The Hall–Kier alpha value is -1.13. The average Bonchev–Trinajstić information content (AvgIpc) is 2.90. The highest BCUT2D eigenvalue weighted by molar-refractivity contribution is 7.89. The largest absolute Gasteiger partial charge is 0.380 e. The van der Waals surface area contributed by atoms with Crippen LogP contribution in [0.3, 0.4) is 0 Å². The second-order valence-corrected chi connectivity index (χ2v) is 6.67. The van der Waals surface area contributed by atoms with Gasteiger partial charge >= 0.3 is 0 Å². The van der Waals surface area contributed by atoms with E-state index in [1.54, 1.807) is 0 Å². The van der Waals surface area contributed by atoms with E-state index in [1.165, 1.54) is 29.6 Å². The van der Waals surface area contributed by atoms with Crippen LogP contribution in [0.2, 0.25) is 5.02 Å². The molecule has 2 rings (SSSR count). The predicted octanol–water partition coefficient (Wildman–Crippen LogP) is 1.62. The van der Waals surface area contributed by atoms with Gasteiger partial charge in [0.1, 0.15) is 4.90 Å². The number of likely N-dealkylation sites (N-methyl/N-ethyl adjacent to an activating group) is 1. The number of halogens is 1. The molecular weight excluding hydrogens is 288 g/mol. The van der Waals surface area contributed by atoms with Gasteiger partial charge in [-0.15, -0.1) is 0 Å². The third-order valence-corrected chi connectivity index (χ3v) is 5.53. The van der Waals surface area contributed by atoms with Gasteiger partial charge in [0.25, 0.3) is 0 Å². The molecule has 0 aromatic heterocycles. The number of sulfonamides is 1. The zero-order chi connectivity index (χ0) is 14.0. The first-order valence-corrected chi connectivity index (χ1v) is 7.54. The third-order valence-electron chi connectivity index (χ3n) is 3.14.